The van der Waals surface area contributed by atoms with E-state index in [9.17, 15) is 0 Å². The number of allylic oxidation sites excluding steroid dienone is 2. The van der Waals surface area contributed by atoms with Crippen molar-refractivity contribution in [3.63, 3.8) is 0 Å². The molecule has 0 saturated heterocycles. The van der Waals surface area contributed by atoms with E-state index in [-0.39, 0.29) is 5.41 Å². The van der Waals surface area contributed by atoms with Crippen molar-refractivity contribution in [1.29, 1.82) is 0 Å². The predicted molar refractivity (Wildman–Crippen MR) is 150 cm³/mol. The van der Waals surface area contributed by atoms with Crippen LogP contribution >= 0.6 is 0 Å². The van der Waals surface area contributed by atoms with E-state index in [0.717, 1.165) is 28.5 Å². The molecule has 0 bridgehead atoms. The summed E-state index contributed by atoms with van der Waals surface area (Å²) >= 11 is 0. The van der Waals surface area contributed by atoms with Crippen LogP contribution in [0.15, 0.2) is 114 Å². The van der Waals surface area contributed by atoms with E-state index in [1.54, 1.807) is 0 Å². The second-order valence-corrected chi connectivity index (χ2v) is 9.94. The van der Waals surface area contributed by atoms with Gasteiger partial charge in [0.05, 0.1) is 28.1 Å². The topological polar surface area (TPSA) is 41.4 Å². The van der Waals surface area contributed by atoms with E-state index < -0.39 is 0 Å². The van der Waals surface area contributed by atoms with E-state index in [1.165, 1.54) is 32.9 Å². The number of hydrogen-bond donors (Lipinski definition) is 2. The molecule has 5 aromatic rings. The van der Waals surface area contributed by atoms with Crippen LogP contribution in [0.2, 0.25) is 0 Å². The molecule has 2 aliphatic heterocycles. The fourth-order valence-corrected chi connectivity index (χ4v) is 5.56. The van der Waals surface area contributed by atoms with Gasteiger partial charge in [0.2, 0.25) is 0 Å². The van der Waals surface area contributed by atoms with Crippen LogP contribution in [0, 0.1) is 0 Å². The number of nitrogens with zero attached hydrogens (tertiary/aromatic N) is 2. The number of aliphatic imine (C=N–C) groups is 1. The van der Waals surface area contributed by atoms with Gasteiger partial charge >= 0.3 is 0 Å². The first-order chi connectivity index (χ1) is 17.6. The van der Waals surface area contributed by atoms with Crippen LogP contribution in [0.5, 0.6) is 0 Å². The highest BCUT2D eigenvalue weighted by atomic mass is 15.4. The van der Waals surface area contributed by atoms with Crippen molar-refractivity contribution in [2.45, 2.75) is 19.3 Å². The number of para-hydroxylation sites is 1. The van der Waals surface area contributed by atoms with Crippen LogP contribution in [0.3, 0.4) is 0 Å². The molecule has 0 aliphatic carbocycles. The number of aromatic nitrogens is 1. The molecule has 36 heavy (non-hydrogen) atoms. The molecule has 4 nitrogen and oxygen atoms in total. The Morgan fingerprint density at radius 2 is 1.36 bits per heavy atom. The SMILES string of the molecule is CC1(C)C(c2ccccc2)=Nc2cc3c4ccccc4n(C4=CC=C(c5ccccc5)NN4)c3cc21. The molecule has 0 fully saturated rings. The lowest BCUT2D eigenvalue weighted by Gasteiger charge is -2.24. The normalized spacial score (nSPS) is 16.1. The van der Waals surface area contributed by atoms with Gasteiger partial charge < -0.3 is 0 Å². The number of rotatable bonds is 3. The number of benzene rings is 4. The number of hydrazine groups is 1. The number of fused-ring (bicyclic) bond motifs is 4. The van der Waals surface area contributed by atoms with E-state index in [2.05, 4.69) is 132 Å². The Morgan fingerprint density at radius 1 is 0.667 bits per heavy atom. The summed E-state index contributed by atoms with van der Waals surface area (Å²) in [4.78, 5) is 5.15. The molecule has 2 N–H and O–H groups in total. The Bertz CT molecular complexity index is 1740. The first-order valence-corrected chi connectivity index (χ1v) is 12.3. The summed E-state index contributed by atoms with van der Waals surface area (Å²) in [5.41, 5.74) is 15.8. The minimum atomic E-state index is -0.195. The fourth-order valence-electron chi connectivity index (χ4n) is 5.56. The molecular formula is C32H26N4. The van der Waals surface area contributed by atoms with Gasteiger partial charge in [-0.15, -0.1) is 0 Å². The quantitative estimate of drug-likeness (QED) is 0.296. The summed E-state index contributed by atoms with van der Waals surface area (Å²) in [5.74, 6) is 0.987. The molecule has 0 saturated carbocycles. The standard InChI is InChI=1S/C32H26N4/c1-32(2)25-20-29-24(19-27(25)33-31(32)22-13-7-4-8-14-22)23-15-9-10-16-28(23)36(29)30-18-17-26(34-35-30)21-11-5-3-6-12-21/h3-20,34-35H,1-2H3. The van der Waals surface area contributed by atoms with Gasteiger partial charge in [-0.25, -0.2) is 0 Å². The van der Waals surface area contributed by atoms with Gasteiger partial charge in [-0.3, -0.25) is 20.4 Å². The van der Waals surface area contributed by atoms with Crippen molar-refractivity contribution in [3.8, 4) is 0 Å². The van der Waals surface area contributed by atoms with Crippen LogP contribution in [-0.4, -0.2) is 10.3 Å². The molecule has 174 valence electrons. The lowest BCUT2D eigenvalue weighted by atomic mass is 9.79. The summed E-state index contributed by atoms with van der Waals surface area (Å²) in [6.07, 6.45) is 4.28. The van der Waals surface area contributed by atoms with E-state index in [1.807, 2.05) is 6.07 Å². The van der Waals surface area contributed by atoms with Gasteiger partial charge in [-0.1, -0.05) is 92.7 Å². The highest BCUT2D eigenvalue weighted by Crippen LogP contribution is 2.46. The zero-order chi connectivity index (χ0) is 24.3. The molecule has 0 atom stereocenters. The molecule has 3 heterocycles. The maximum Gasteiger partial charge on any atom is 0.129 e. The van der Waals surface area contributed by atoms with Gasteiger partial charge in [0.1, 0.15) is 5.82 Å². The van der Waals surface area contributed by atoms with E-state index in [0.29, 0.717) is 0 Å². The number of hydrogen-bond acceptors (Lipinski definition) is 3. The van der Waals surface area contributed by atoms with Crippen molar-refractivity contribution >= 4 is 44.7 Å². The zero-order valence-corrected chi connectivity index (χ0v) is 20.3. The van der Waals surface area contributed by atoms with Gasteiger partial charge in [0, 0.05) is 16.2 Å². The fraction of sp³-hybridized carbons (Fsp3) is 0.0938. The highest BCUT2D eigenvalue weighted by molar-refractivity contribution is 6.16. The maximum atomic E-state index is 5.15. The third-order valence-corrected chi connectivity index (χ3v) is 7.39. The van der Waals surface area contributed by atoms with E-state index >= 15 is 0 Å². The van der Waals surface area contributed by atoms with Gasteiger partial charge in [-0.2, -0.15) is 0 Å². The van der Waals surface area contributed by atoms with Crippen molar-refractivity contribution in [3.05, 3.63) is 126 Å². The predicted octanol–water partition coefficient (Wildman–Crippen LogP) is 7.15. The van der Waals surface area contributed by atoms with Crippen LogP contribution in [-0.2, 0) is 5.41 Å². The average Bonchev–Trinajstić information content (AvgIpc) is 3.39. The molecule has 4 heteroatoms. The highest BCUT2D eigenvalue weighted by Gasteiger charge is 2.36. The maximum absolute atomic E-state index is 5.15. The monoisotopic (exact) mass is 466 g/mol. The molecule has 7 rings (SSSR count). The third kappa shape index (κ3) is 3.04. The van der Waals surface area contributed by atoms with Crippen LogP contribution in [0.1, 0.15) is 30.5 Å². The zero-order valence-electron chi connectivity index (χ0n) is 20.3. The van der Waals surface area contributed by atoms with Crippen LogP contribution in [0.4, 0.5) is 5.69 Å². The minimum absolute atomic E-state index is 0.195. The molecular weight excluding hydrogens is 440 g/mol. The molecule has 1 aromatic heterocycles. The summed E-state index contributed by atoms with van der Waals surface area (Å²) < 4.78 is 2.31. The Morgan fingerprint density at radius 3 is 2.08 bits per heavy atom. The summed E-state index contributed by atoms with van der Waals surface area (Å²) in [5, 5.41) is 2.43. The Hall–Kier alpha value is -4.57. The smallest absolute Gasteiger partial charge is 0.129 e. The van der Waals surface area contributed by atoms with Crippen molar-refractivity contribution in [2.75, 3.05) is 0 Å². The minimum Gasteiger partial charge on any atom is -0.299 e. The second kappa shape index (κ2) is 7.72. The van der Waals surface area contributed by atoms with Gasteiger partial charge in [0.15, 0.2) is 0 Å². The summed E-state index contributed by atoms with van der Waals surface area (Å²) in [6.45, 7) is 4.55. The first-order valence-electron chi connectivity index (χ1n) is 12.3. The van der Waals surface area contributed by atoms with E-state index in [4.69, 9.17) is 4.99 Å². The molecule has 4 aromatic carbocycles. The Labute approximate surface area is 210 Å². The first kappa shape index (κ1) is 20.8. The average molecular weight is 467 g/mol. The summed E-state index contributed by atoms with van der Waals surface area (Å²) in [7, 11) is 0. The largest absolute Gasteiger partial charge is 0.299 e. The number of nitrogens with one attached hydrogen (secondary N) is 2. The third-order valence-electron chi connectivity index (χ3n) is 7.39. The molecule has 0 unspecified atom stereocenters. The molecule has 0 amide bonds. The van der Waals surface area contributed by atoms with Crippen LogP contribution < -0.4 is 10.9 Å². The van der Waals surface area contributed by atoms with Crippen LogP contribution in [0.25, 0.3) is 33.3 Å². The van der Waals surface area contributed by atoms with Gasteiger partial charge in [0.25, 0.3) is 0 Å². The van der Waals surface area contributed by atoms with Crippen molar-refractivity contribution < 1.29 is 0 Å². The lowest BCUT2D eigenvalue weighted by Crippen LogP contribution is -2.33. The van der Waals surface area contributed by atoms with Crippen molar-refractivity contribution in [2.24, 2.45) is 4.99 Å². The van der Waals surface area contributed by atoms with Gasteiger partial charge in [-0.05, 0) is 47.0 Å². The Balaban J connectivity index is 1.42. The lowest BCUT2D eigenvalue weighted by molar-refractivity contribution is 0.737. The van der Waals surface area contributed by atoms with Crippen molar-refractivity contribution in [1.82, 2.24) is 15.4 Å². The second-order valence-electron chi connectivity index (χ2n) is 9.94. The molecule has 2 aliphatic rings. The Kier molecular flexibility index (Phi) is 4.45. The molecule has 0 spiro atoms. The molecule has 0 radical (unpaired) electrons. The summed E-state index contributed by atoms with van der Waals surface area (Å²) in [6, 6.07) is 34.1.